The summed E-state index contributed by atoms with van der Waals surface area (Å²) in [6, 6.07) is 10.1. The quantitative estimate of drug-likeness (QED) is 0.624. The molecule has 7 heteroatoms. The van der Waals surface area contributed by atoms with Gasteiger partial charge in [-0.25, -0.2) is 0 Å². The molecule has 2 aromatic heterocycles. The van der Waals surface area contributed by atoms with Crippen molar-refractivity contribution in [2.24, 2.45) is 0 Å². The molecule has 2 atom stereocenters. The predicted molar refractivity (Wildman–Crippen MR) is 101 cm³/mol. The van der Waals surface area contributed by atoms with Crippen LogP contribution in [0.5, 0.6) is 5.75 Å². The second kappa shape index (κ2) is 7.09. The molecule has 2 unspecified atom stereocenters. The first kappa shape index (κ1) is 17.1. The van der Waals surface area contributed by atoms with E-state index < -0.39 is 0 Å². The third-order valence-electron chi connectivity index (χ3n) is 4.27. The number of rotatable bonds is 7. The summed E-state index contributed by atoms with van der Waals surface area (Å²) in [5.74, 6) is 2.29. The van der Waals surface area contributed by atoms with Crippen LogP contribution in [0.2, 0.25) is 0 Å². The lowest BCUT2D eigenvalue weighted by Gasteiger charge is -2.03. The van der Waals surface area contributed by atoms with Gasteiger partial charge in [0.25, 0.3) is 5.89 Å². The molecule has 1 fully saturated rings. The first-order valence-electron chi connectivity index (χ1n) is 8.60. The molecule has 26 heavy (non-hydrogen) atoms. The van der Waals surface area contributed by atoms with Gasteiger partial charge in [0.05, 0.1) is 12.8 Å². The summed E-state index contributed by atoms with van der Waals surface area (Å²) in [6.45, 7) is 4.07. The normalized spacial score (nSPS) is 18.9. The smallest absolute Gasteiger partial charge is 0.259 e. The Labute approximate surface area is 156 Å². The van der Waals surface area contributed by atoms with Crippen molar-refractivity contribution in [3.63, 3.8) is 0 Å². The molecule has 0 spiro atoms. The van der Waals surface area contributed by atoms with Crippen LogP contribution in [0.15, 0.2) is 40.1 Å². The van der Waals surface area contributed by atoms with Gasteiger partial charge < -0.3 is 19.2 Å². The number of aromatic nitrogens is 2. The third kappa shape index (κ3) is 3.59. The summed E-state index contributed by atoms with van der Waals surface area (Å²) in [5, 5.41) is 13.7. The maximum atomic E-state index is 5.78. The molecule has 0 saturated carbocycles. The van der Waals surface area contributed by atoms with Crippen LogP contribution < -0.4 is 10.1 Å². The Bertz CT molecular complexity index is 872. The minimum absolute atomic E-state index is 0.00191. The first-order valence-corrected chi connectivity index (χ1v) is 9.48. The highest BCUT2D eigenvalue weighted by atomic mass is 32.1. The molecule has 1 aliphatic rings. The minimum atomic E-state index is -0.00191. The van der Waals surface area contributed by atoms with Crippen LogP contribution in [0.3, 0.4) is 0 Å². The van der Waals surface area contributed by atoms with Crippen LogP contribution in [0.1, 0.15) is 31.2 Å². The first-order chi connectivity index (χ1) is 12.6. The van der Waals surface area contributed by atoms with Gasteiger partial charge in [-0.1, -0.05) is 26.0 Å². The van der Waals surface area contributed by atoms with E-state index in [1.165, 1.54) is 5.56 Å². The number of hydrogen-bond donors (Lipinski definition) is 1. The largest absolute Gasteiger partial charge is 0.497 e. The molecule has 4 rings (SSSR count). The maximum Gasteiger partial charge on any atom is 0.259 e. The molecule has 0 amide bonds. The number of ether oxygens (including phenoxy) is 2. The van der Waals surface area contributed by atoms with Crippen molar-refractivity contribution in [2.45, 2.75) is 38.5 Å². The summed E-state index contributed by atoms with van der Waals surface area (Å²) in [4.78, 5) is 0.947. The molecule has 0 bridgehead atoms. The van der Waals surface area contributed by atoms with Gasteiger partial charge in [0.2, 0.25) is 5.89 Å². The van der Waals surface area contributed by atoms with E-state index in [2.05, 4.69) is 27.6 Å². The van der Waals surface area contributed by atoms with Gasteiger partial charge in [0, 0.05) is 12.3 Å². The van der Waals surface area contributed by atoms with Gasteiger partial charge in [0.1, 0.15) is 16.7 Å². The summed E-state index contributed by atoms with van der Waals surface area (Å²) >= 11 is 1.58. The number of anilines is 1. The number of nitrogens with one attached hydrogen (secondary N) is 1. The fourth-order valence-electron chi connectivity index (χ4n) is 2.72. The van der Waals surface area contributed by atoms with Gasteiger partial charge in [-0.3, -0.25) is 0 Å². The van der Waals surface area contributed by atoms with E-state index in [9.17, 15) is 0 Å². The van der Waals surface area contributed by atoms with Crippen LogP contribution in [-0.4, -0.2) is 29.6 Å². The Morgan fingerprint density at radius 2 is 2.00 bits per heavy atom. The Hall–Kier alpha value is -2.38. The predicted octanol–water partition coefficient (Wildman–Crippen LogP) is 4.31. The molecule has 3 aromatic rings. The zero-order valence-corrected chi connectivity index (χ0v) is 15.7. The molecule has 1 saturated heterocycles. The summed E-state index contributed by atoms with van der Waals surface area (Å²) in [6.07, 6.45) is 1.02. The van der Waals surface area contributed by atoms with E-state index in [0.717, 1.165) is 22.7 Å². The number of methoxy groups -OCH3 is 1. The van der Waals surface area contributed by atoms with Crippen LogP contribution in [0, 0.1) is 0 Å². The lowest BCUT2D eigenvalue weighted by atomic mass is 10.1. The van der Waals surface area contributed by atoms with Crippen molar-refractivity contribution in [1.82, 2.24) is 10.2 Å². The van der Waals surface area contributed by atoms with Crippen LogP contribution in [-0.2, 0) is 11.2 Å². The van der Waals surface area contributed by atoms with E-state index in [1.54, 1.807) is 18.4 Å². The fourth-order valence-corrected chi connectivity index (χ4v) is 3.50. The minimum Gasteiger partial charge on any atom is -0.497 e. The van der Waals surface area contributed by atoms with Gasteiger partial charge in [-0.2, -0.15) is 0 Å². The van der Waals surface area contributed by atoms with Gasteiger partial charge in [-0.05, 0) is 29.1 Å². The van der Waals surface area contributed by atoms with Crippen molar-refractivity contribution >= 4 is 17.0 Å². The number of benzene rings is 1. The third-order valence-corrected chi connectivity index (χ3v) is 5.17. The molecule has 0 aliphatic carbocycles. The maximum absolute atomic E-state index is 5.78. The monoisotopic (exact) mass is 371 g/mol. The van der Waals surface area contributed by atoms with E-state index in [4.69, 9.17) is 13.9 Å². The Kier molecular flexibility index (Phi) is 4.65. The van der Waals surface area contributed by atoms with Crippen molar-refractivity contribution in [2.75, 3.05) is 12.4 Å². The Morgan fingerprint density at radius 3 is 2.69 bits per heavy atom. The van der Waals surface area contributed by atoms with Crippen molar-refractivity contribution in [3.05, 3.63) is 47.2 Å². The molecule has 3 heterocycles. The lowest BCUT2D eigenvalue weighted by molar-refractivity contribution is 0.380. The second-order valence-corrected chi connectivity index (χ2v) is 7.47. The Morgan fingerprint density at radius 1 is 1.19 bits per heavy atom. The SMILES string of the molecule is COc1ccc(CC2OC2Nc2ccsc2-c2nnc(C(C)C)o2)cc1. The second-order valence-electron chi connectivity index (χ2n) is 6.56. The van der Waals surface area contributed by atoms with Gasteiger partial charge in [0.15, 0.2) is 6.23 Å². The number of thiophene rings is 1. The van der Waals surface area contributed by atoms with E-state index in [1.807, 2.05) is 37.4 Å². The summed E-state index contributed by atoms with van der Waals surface area (Å²) < 4.78 is 16.7. The molecular weight excluding hydrogens is 350 g/mol. The molecule has 0 radical (unpaired) electrons. The number of hydrogen-bond acceptors (Lipinski definition) is 7. The Balaban J connectivity index is 1.39. The summed E-state index contributed by atoms with van der Waals surface area (Å²) in [5.41, 5.74) is 2.19. The molecule has 1 N–H and O–H groups in total. The fraction of sp³-hybridized carbons (Fsp3) is 0.368. The highest BCUT2D eigenvalue weighted by Gasteiger charge is 2.39. The topological polar surface area (TPSA) is 72.7 Å². The van der Waals surface area contributed by atoms with Crippen LogP contribution in [0.25, 0.3) is 10.8 Å². The van der Waals surface area contributed by atoms with Crippen LogP contribution >= 0.6 is 11.3 Å². The highest BCUT2D eigenvalue weighted by Crippen LogP contribution is 2.37. The average molecular weight is 371 g/mol. The molecule has 6 nitrogen and oxygen atoms in total. The van der Waals surface area contributed by atoms with E-state index >= 15 is 0 Å². The zero-order chi connectivity index (χ0) is 18.1. The highest BCUT2D eigenvalue weighted by molar-refractivity contribution is 7.14. The van der Waals surface area contributed by atoms with Crippen molar-refractivity contribution < 1.29 is 13.9 Å². The molecular formula is C19H21N3O3S. The van der Waals surface area contributed by atoms with Gasteiger partial charge >= 0.3 is 0 Å². The summed E-state index contributed by atoms with van der Waals surface area (Å²) in [7, 11) is 1.67. The standard InChI is InChI=1S/C19H21N3O3S/c1-11(2)17-21-22-19(25-17)16-14(8-9-26-16)20-18-15(24-18)10-12-4-6-13(23-3)7-5-12/h4-9,11,15,18,20H,10H2,1-3H3. The van der Waals surface area contributed by atoms with Crippen molar-refractivity contribution in [1.29, 1.82) is 0 Å². The molecule has 1 aromatic carbocycles. The number of epoxide rings is 1. The van der Waals surface area contributed by atoms with Crippen molar-refractivity contribution in [3.8, 4) is 16.5 Å². The number of nitrogens with zero attached hydrogens (tertiary/aromatic N) is 2. The van der Waals surface area contributed by atoms with E-state index in [-0.39, 0.29) is 18.2 Å². The molecule has 136 valence electrons. The molecule has 1 aliphatic heterocycles. The van der Waals surface area contributed by atoms with Crippen LogP contribution in [0.4, 0.5) is 5.69 Å². The van der Waals surface area contributed by atoms with Gasteiger partial charge in [-0.15, -0.1) is 21.5 Å². The zero-order valence-electron chi connectivity index (χ0n) is 14.9. The average Bonchev–Trinajstić information content (AvgIpc) is 3.04. The lowest BCUT2D eigenvalue weighted by Crippen LogP contribution is -2.09. The van der Waals surface area contributed by atoms with E-state index in [0.29, 0.717) is 11.8 Å².